The average molecular weight is 254 g/mol. The minimum atomic E-state index is 0.236. The molecule has 2 saturated heterocycles. The Balaban J connectivity index is 1.77. The van der Waals surface area contributed by atoms with Gasteiger partial charge in [-0.2, -0.15) is 0 Å². The first-order chi connectivity index (χ1) is 8.57. The molecule has 2 heterocycles. The van der Waals surface area contributed by atoms with E-state index in [1.165, 1.54) is 45.6 Å². The Morgan fingerprint density at radius 3 is 2.06 bits per heavy atom. The van der Waals surface area contributed by atoms with Gasteiger partial charge in [0.05, 0.1) is 0 Å². The molecule has 2 aliphatic rings. The van der Waals surface area contributed by atoms with Crippen molar-refractivity contribution in [2.75, 3.05) is 66.5 Å². The van der Waals surface area contributed by atoms with E-state index in [-0.39, 0.29) is 5.54 Å². The van der Waals surface area contributed by atoms with Gasteiger partial charge in [0.1, 0.15) is 0 Å². The average Bonchev–Trinajstić information content (AvgIpc) is 2.74. The maximum absolute atomic E-state index is 3.80. The van der Waals surface area contributed by atoms with E-state index in [0.29, 0.717) is 0 Å². The topological polar surface area (TPSA) is 21.8 Å². The third-order valence-electron chi connectivity index (χ3n) is 4.28. The number of hydrogen-bond acceptors (Lipinski definition) is 4. The summed E-state index contributed by atoms with van der Waals surface area (Å²) in [5.41, 5.74) is 0.236. The smallest absolute Gasteiger partial charge is 0.0408 e. The fourth-order valence-electron chi connectivity index (χ4n) is 3.37. The van der Waals surface area contributed by atoms with Crippen LogP contribution in [-0.4, -0.2) is 86.7 Å². The molecule has 2 aliphatic heterocycles. The summed E-state index contributed by atoms with van der Waals surface area (Å²) in [4.78, 5) is 7.49. The van der Waals surface area contributed by atoms with Crippen LogP contribution >= 0.6 is 0 Å². The maximum Gasteiger partial charge on any atom is 0.0408 e. The molecule has 2 fully saturated rings. The van der Waals surface area contributed by atoms with Gasteiger partial charge < -0.3 is 20.0 Å². The molecule has 0 aromatic heterocycles. The first-order valence-electron chi connectivity index (χ1n) is 7.42. The van der Waals surface area contributed by atoms with Gasteiger partial charge in [0.15, 0.2) is 0 Å². The second-order valence-electron chi connectivity index (χ2n) is 6.51. The third-order valence-corrected chi connectivity index (χ3v) is 4.28. The van der Waals surface area contributed by atoms with Crippen molar-refractivity contribution in [3.8, 4) is 0 Å². The summed E-state index contributed by atoms with van der Waals surface area (Å²) in [5.74, 6) is 0. The van der Waals surface area contributed by atoms with Crippen molar-refractivity contribution < 1.29 is 0 Å². The zero-order valence-electron chi connectivity index (χ0n) is 12.4. The summed E-state index contributed by atoms with van der Waals surface area (Å²) in [6.07, 6.45) is 2.78. The standard InChI is InChI=1S/C14H30N4/c1-14(12-16(2)10-11-17(3)13-14)15-6-9-18-7-4-5-8-18/h15H,4-13H2,1-3H3. The van der Waals surface area contributed by atoms with Crippen LogP contribution in [0.1, 0.15) is 19.8 Å². The van der Waals surface area contributed by atoms with Crippen LogP contribution in [0.5, 0.6) is 0 Å². The van der Waals surface area contributed by atoms with E-state index in [4.69, 9.17) is 0 Å². The van der Waals surface area contributed by atoms with Crippen molar-refractivity contribution in [2.45, 2.75) is 25.3 Å². The highest BCUT2D eigenvalue weighted by atomic mass is 15.3. The van der Waals surface area contributed by atoms with Gasteiger partial charge >= 0.3 is 0 Å². The van der Waals surface area contributed by atoms with Gasteiger partial charge in [-0.25, -0.2) is 0 Å². The SMILES string of the molecule is CN1CCN(C)CC(C)(NCCN2CCCC2)C1. The summed E-state index contributed by atoms with van der Waals surface area (Å²) in [6, 6.07) is 0. The van der Waals surface area contributed by atoms with Crippen molar-refractivity contribution in [1.29, 1.82) is 0 Å². The molecule has 0 atom stereocenters. The van der Waals surface area contributed by atoms with Crippen LogP contribution in [0.25, 0.3) is 0 Å². The number of rotatable bonds is 4. The van der Waals surface area contributed by atoms with Crippen LogP contribution in [0, 0.1) is 0 Å². The molecule has 0 radical (unpaired) electrons. The molecule has 4 heteroatoms. The Hall–Kier alpha value is -0.160. The number of hydrogen-bond donors (Lipinski definition) is 1. The van der Waals surface area contributed by atoms with Crippen molar-refractivity contribution in [3.05, 3.63) is 0 Å². The van der Waals surface area contributed by atoms with E-state index >= 15 is 0 Å². The van der Waals surface area contributed by atoms with Gasteiger partial charge in [0.2, 0.25) is 0 Å². The fourth-order valence-corrected chi connectivity index (χ4v) is 3.37. The monoisotopic (exact) mass is 254 g/mol. The number of nitrogens with zero attached hydrogens (tertiary/aromatic N) is 3. The van der Waals surface area contributed by atoms with Crippen LogP contribution in [-0.2, 0) is 0 Å². The number of likely N-dealkylation sites (tertiary alicyclic amines) is 1. The Kier molecular flexibility index (Phi) is 5.01. The lowest BCUT2D eigenvalue weighted by Gasteiger charge is -2.34. The maximum atomic E-state index is 3.80. The lowest BCUT2D eigenvalue weighted by atomic mass is 10.0. The largest absolute Gasteiger partial charge is 0.308 e. The molecule has 1 N–H and O–H groups in total. The molecule has 0 unspecified atom stereocenters. The van der Waals surface area contributed by atoms with E-state index in [9.17, 15) is 0 Å². The zero-order valence-corrected chi connectivity index (χ0v) is 12.4. The first-order valence-corrected chi connectivity index (χ1v) is 7.42. The molecule has 0 aliphatic carbocycles. The van der Waals surface area contributed by atoms with E-state index in [2.05, 4.69) is 41.0 Å². The van der Waals surface area contributed by atoms with Crippen molar-refractivity contribution in [3.63, 3.8) is 0 Å². The highest BCUT2D eigenvalue weighted by Gasteiger charge is 2.29. The Morgan fingerprint density at radius 2 is 1.50 bits per heavy atom. The summed E-state index contributed by atoms with van der Waals surface area (Å²) in [6.45, 7) is 12.0. The van der Waals surface area contributed by atoms with Crippen LogP contribution in [0.4, 0.5) is 0 Å². The summed E-state index contributed by atoms with van der Waals surface area (Å²) in [7, 11) is 4.47. The Labute approximate surface area is 112 Å². The van der Waals surface area contributed by atoms with Crippen molar-refractivity contribution in [2.24, 2.45) is 0 Å². The number of likely N-dealkylation sites (N-methyl/N-ethyl adjacent to an activating group) is 2. The van der Waals surface area contributed by atoms with Gasteiger partial charge in [-0.15, -0.1) is 0 Å². The second-order valence-corrected chi connectivity index (χ2v) is 6.51. The summed E-state index contributed by atoms with van der Waals surface area (Å²) < 4.78 is 0. The minimum absolute atomic E-state index is 0.236. The van der Waals surface area contributed by atoms with Gasteiger partial charge in [-0.3, -0.25) is 0 Å². The Morgan fingerprint density at radius 1 is 0.944 bits per heavy atom. The number of nitrogens with one attached hydrogen (secondary N) is 1. The fraction of sp³-hybridized carbons (Fsp3) is 1.00. The lowest BCUT2D eigenvalue weighted by molar-refractivity contribution is 0.215. The van der Waals surface area contributed by atoms with Crippen LogP contribution < -0.4 is 5.32 Å². The molecule has 2 rings (SSSR count). The van der Waals surface area contributed by atoms with Crippen molar-refractivity contribution >= 4 is 0 Å². The predicted molar refractivity (Wildman–Crippen MR) is 77.1 cm³/mol. The van der Waals surface area contributed by atoms with E-state index in [1.807, 2.05) is 0 Å². The van der Waals surface area contributed by atoms with Crippen molar-refractivity contribution in [1.82, 2.24) is 20.0 Å². The summed E-state index contributed by atoms with van der Waals surface area (Å²) >= 11 is 0. The van der Waals surface area contributed by atoms with Crippen LogP contribution in [0.15, 0.2) is 0 Å². The molecule has 0 amide bonds. The van der Waals surface area contributed by atoms with E-state index in [1.54, 1.807) is 0 Å². The Bertz CT molecular complexity index is 238. The molecular formula is C14H30N4. The highest BCUT2D eigenvalue weighted by molar-refractivity contribution is 4.91. The first kappa shape index (κ1) is 14.3. The van der Waals surface area contributed by atoms with E-state index in [0.717, 1.165) is 19.6 Å². The van der Waals surface area contributed by atoms with Gasteiger partial charge in [-0.05, 0) is 47.0 Å². The molecule has 18 heavy (non-hydrogen) atoms. The van der Waals surface area contributed by atoms with Crippen LogP contribution in [0.2, 0.25) is 0 Å². The highest BCUT2D eigenvalue weighted by Crippen LogP contribution is 2.12. The lowest BCUT2D eigenvalue weighted by Crippen LogP contribution is -2.55. The normalized spacial score (nSPS) is 27.5. The molecular weight excluding hydrogens is 224 g/mol. The molecule has 0 bridgehead atoms. The molecule has 4 nitrogen and oxygen atoms in total. The molecule has 0 aromatic carbocycles. The zero-order chi connectivity index (χ0) is 13.0. The second kappa shape index (κ2) is 6.33. The molecule has 106 valence electrons. The predicted octanol–water partition coefficient (Wildman–Crippen LogP) is 0.308. The van der Waals surface area contributed by atoms with Gasteiger partial charge in [0, 0.05) is 44.8 Å². The summed E-state index contributed by atoms with van der Waals surface area (Å²) in [5, 5.41) is 3.80. The minimum Gasteiger partial charge on any atom is -0.308 e. The van der Waals surface area contributed by atoms with Gasteiger partial charge in [-0.1, -0.05) is 0 Å². The van der Waals surface area contributed by atoms with E-state index < -0.39 is 0 Å². The van der Waals surface area contributed by atoms with Crippen LogP contribution in [0.3, 0.4) is 0 Å². The molecule has 0 aromatic rings. The van der Waals surface area contributed by atoms with Gasteiger partial charge in [0.25, 0.3) is 0 Å². The molecule has 0 spiro atoms. The third kappa shape index (κ3) is 4.19. The molecule has 0 saturated carbocycles. The quantitative estimate of drug-likeness (QED) is 0.779.